The molecule has 41 heavy (non-hydrogen) atoms. The van der Waals surface area contributed by atoms with Crippen LogP contribution in [0.4, 0.5) is 0 Å². The minimum atomic E-state index is -1.04. The fourth-order valence-corrected chi connectivity index (χ4v) is 4.55. The number of aliphatic hydroxyl groups excluding tert-OH is 2. The molecule has 231 valence electrons. The summed E-state index contributed by atoms with van der Waals surface area (Å²) in [6.45, 7) is 2.03. The number of amides is 2. The molecular formula is C26H42MnN6O8. The van der Waals surface area contributed by atoms with Crippen molar-refractivity contribution in [1.29, 1.82) is 0 Å². The Hall–Kier alpha value is -2.65. The quantitative estimate of drug-likeness (QED) is 0.129. The smallest absolute Gasteiger partial charge is 0.320 e. The van der Waals surface area contributed by atoms with Gasteiger partial charge in [0.1, 0.15) is 12.1 Å². The van der Waals surface area contributed by atoms with Gasteiger partial charge < -0.3 is 36.0 Å². The monoisotopic (exact) mass is 621 g/mol. The van der Waals surface area contributed by atoms with Crippen molar-refractivity contribution in [3.05, 3.63) is 29.6 Å². The third-order valence-electron chi connectivity index (χ3n) is 6.74. The number of aromatic nitrogens is 1. The molecule has 15 heteroatoms. The minimum Gasteiger partial charge on any atom is -0.480 e. The Morgan fingerprint density at radius 2 is 1.22 bits per heavy atom. The summed E-state index contributed by atoms with van der Waals surface area (Å²) in [6, 6.07) is 3.51. The maximum atomic E-state index is 12.2. The zero-order valence-corrected chi connectivity index (χ0v) is 24.6. The van der Waals surface area contributed by atoms with Crippen LogP contribution < -0.4 is 10.6 Å². The molecule has 0 saturated carbocycles. The van der Waals surface area contributed by atoms with Crippen molar-refractivity contribution in [3.8, 4) is 0 Å². The van der Waals surface area contributed by atoms with Crippen LogP contribution in [0.1, 0.15) is 37.1 Å². The van der Waals surface area contributed by atoms with Gasteiger partial charge in [-0.1, -0.05) is 6.07 Å². The van der Waals surface area contributed by atoms with Gasteiger partial charge in [-0.15, -0.1) is 0 Å². The Morgan fingerprint density at radius 1 is 0.805 bits per heavy atom. The number of likely N-dealkylation sites (N-methyl/N-ethyl adjacent to an activating group) is 1. The van der Waals surface area contributed by atoms with Gasteiger partial charge in [-0.2, -0.15) is 0 Å². The number of carboxylic acid groups (broad SMARTS) is 2. The number of aliphatic carboxylic acids is 2. The number of carbonyl (C=O) groups is 4. The van der Waals surface area contributed by atoms with Crippen LogP contribution in [-0.4, -0.2) is 135 Å². The number of pyridine rings is 1. The molecular weight excluding hydrogens is 579 g/mol. The van der Waals surface area contributed by atoms with Crippen LogP contribution in [0.2, 0.25) is 0 Å². The van der Waals surface area contributed by atoms with E-state index in [0.29, 0.717) is 37.6 Å². The van der Waals surface area contributed by atoms with E-state index in [9.17, 15) is 29.4 Å². The zero-order valence-electron chi connectivity index (χ0n) is 23.4. The van der Waals surface area contributed by atoms with E-state index in [-0.39, 0.29) is 94.0 Å². The average molecular weight is 622 g/mol. The summed E-state index contributed by atoms with van der Waals surface area (Å²) in [6.07, 6.45) is 0.187. The normalized spacial score (nSPS) is 16.8. The molecule has 2 atom stereocenters. The van der Waals surface area contributed by atoms with Gasteiger partial charge in [-0.25, -0.2) is 0 Å². The van der Waals surface area contributed by atoms with Gasteiger partial charge in [0, 0.05) is 82.3 Å². The van der Waals surface area contributed by atoms with Gasteiger partial charge >= 0.3 is 11.9 Å². The number of hydrogen-bond acceptors (Lipinski definition) is 10. The molecule has 2 bridgehead atoms. The van der Waals surface area contributed by atoms with Gasteiger partial charge in [0.25, 0.3) is 0 Å². The SMILES string of the molecule is CN1CCN(C(CCC(=O)NCCO)C(=O)O)Cc2cccc(n2)CN(C(CCC(=O)NCCO)C(=O)O)CC1.[Mn]. The summed E-state index contributed by atoms with van der Waals surface area (Å²) < 4.78 is 0. The van der Waals surface area contributed by atoms with E-state index in [2.05, 4.69) is 15.6 Å². The molecule has 0 spiro atoms. The van der Waals surface area contributed by atoms with Crippen LogP contribution in [0.15, 0.2) is 18.2 Å². The van der Waals surface area contributed by atoms with Crippen LogP contribution >= 0.6 is 0 Å². The van der Waals surface area contributed by atoms with E-state index in [1.54, 1.807) is 28.0 Å². The van der Waals surface area contributed by atoms with E-state index < -0.39 is 24.0 Å². The first-order valence-corrected chi connectivity index (χ1v) is 13.5. The molecule has 2 amide bonds. The molecule has 2 rings (SSSR count). The van der Waals surface area contributed by atoms with Crippen LogP contribution in [-0.2, 0) is 49.3 Å². The molecule has 2 heterocycles. The van der Waals surface area contributed by atoms with Crippen LogP contribution in [0.3, 0.4) is 0 Å². The molecule has 1 aromatic rings. The predicted molar refractivity (Wildman–Crippen MR) is 144 cm³/mol. The van der Waals surface area contributed by atoms with E-state index in [4.69, 9.17) is 10.2 Å². The number of fused-ring (bicyclic) bond motifs is 2. The zero-order chi connectivity index (χ0) is 29.5. The van der Waals surface area contributed by atoms with E-state index in [1.165, 1.54) is 0 Å². The van der Waals surface area contributed by atoms with Crippen molar-refractivity contribution >= 4 is 23.8 Å². The third-order valence-corrected chi connectivity index (χ3v) is 6.74. The summed E-state index contributed by atoms with van der Waals surface area (Å²) in [5.41, 5.74) is 1.24. The second kappa shape index (κ2) is 19.5. The molecule has 6 N–H and O–H groups in total. The van der Waals surface area contributed by atoms with Crippen LogP contribution in [0, 0.1) is 0 Å². The van der Waals surface area contributed by atoms with E-state index in [1.807, 2.05) is 11.9 Å². The third kappa shape index (κ3) is 13.3. The molecule has 1 aromatic heterocycles. The maximum absolute atomic E-state index is 12.2. The Balaban J connectivity index is 0.00000840. The molecule has 14 nitrogen and oxygen atoms in total. The Labute approximate surface area is 250 Å². The number of nitrogens with zero attached hydrogens (tertiary/aromatic N) is 4. The second-order valence-corrected chi connectivity index (χ2v) is 9.80. The van der Waals surface area contributed by atoms with Crippen LogP contribution in [0.5, 0.6) is 0 Å². The van der Waals surface area contributed by atoms with Gasteiger partial charge in [0.15, 0.2) is 0 Å². The van der Waals surface area contributed by atoms with Gasteiger partial charge in [0.05, 0.1) is 24.6 Å². The average Bonchev–Trinajstić information content (AvgIpc) is 2.91. The van der Waals surface area contributed by atoms with Crippen molar-refractivity contribution in [1.82, 2.24) is 30.3 Å². The largest absolute Gasteiger partial charge is 0.480 e. The van der Waals surface area contributed by atoms with Crippen molar-refractivity contribution < 1.29 is 56.7 Å². The number of aliphatic hydroxyl groups is 2. The van der Waals surface area contributed by atoms with Crippen molar-refractivity contribution in [2.75, 3.05) is 59.5 Å². The molecule has 1 aliphatic heterocycles. The van der Waals surface area contributed by atoms with Crippen molar-refractivity contribution in [2.24, 2.45) is 0 Å². The molecule has 0 saturated heterocycles. The van der Waals surface area contributed by atoms with E-state index in [0.717, 1.165) is 0 Å². The molecule has 1 radical (unpaired) electrons. The predicted octanol–water partition coefficient (Wildman–Crippen LogP) is -1.69. The summed E-state index contributed by atoms with van der Waals surface area (Å²) in [7, 11) is 1.87. The summed E-state index contributed by atoms with van der Waals surface area (Å²) >= 11 is 0. The fourth-order valence-electron chi connectivity index (χ4n) is 4.55. The first-order chi connectivity index (χ1) is 19.1. The van der Waals surface area contributed by atoms with Gasteiger partial charge in [-0.3, -0.25) is 34.0 Å². The van der Waals surface area contributed by atoms with Gasteiger partial charge in [-0.05, 0) is 32.0 Å². The Kier molecular flexibility index (Phi) is 17.3. The summed E-state index contributed by atoms with van der Waals surface area (Å²) in [5, 5.41) is 42.8. The van der Waals surface area contributed by atoms with Gasteiger partial charge in [0.2, 0.25) is 11.8 Å². The molecule has 1 aliphatic rings. The first-order valence-electron chi connectivity index (χ1n) is 13.5. The summed E-state index contributed by atoms with van der Waals surface area (Å²) in [5.74, 6) is -2.74. The number of carboxylic acids is 2. The molecule has 0 aliphatic carbocycles. The summed E-state index contributed by atoms with van der Waals surface area (Å²) in [4.78, 5) is 58.7. The maximum Gasteiger partial charge on any atom is 0.320 e. The molecule has 0 fully saturated rings. The number of rotatable bonds is 14. The van der Waals surface area contributed by atoms with E-state index >= 15 is 0 Å². The fraction of sp³-hybridized carbons (Fsp3) is 0.654. The number of carbonyl (C=O) groups excluding carboxylic acids is 2. The van der Waals surface area contributed by atoms with Crippen molar-refractivity contribution in [2.45, 2.75) is 50.9 Å². The van der Waals surface area contributed by atoms with Crippen molar-refractivity contribution in [3.63, 3.8) is 0 Å². The number of hydrogen-bond donors (Lipinski definition) is 6. The molecule has 0 aromatic carbocycles. The first kappa shape index (κ1) is 36.4. The number of nitrogens with one attached hydrogen (secondary N) is 2. The topological polar surface area (TPSA) is 196 Å². The standard InChI is InChI=1S/C26H42N6O8.Mn/c1-30-11-13-31(21(25(37)38)5-7-23(35)27-9-15-33)17-19-3-2-4-20(29-19)18-32(14-12-30)22(26(39)40)6-8-24(36)28-10-16-34;/h2-4,21-22,33-34H,5-18H2,1H3,(H,27,35)(H,28,36)(H,37,38)(H,39,40);. The molecule has 2 unspecified atom stereocenters. The van der Waals surface area contributed by atoms with Crippen LogP contribution in [0.25, 0.3) is 0 Å². The second-order valence-electron chi connectivity index (χ2n) is 9.80. The Morgan fingerprint density at radius 3 is 1.59 bits per heavy atom. The Bertz CT molecular complexity index is 916. The minimum absolute atomic E-state index is 0.